The molecule has 0 aromatic carbocycles. The molecule has 0 spiro atoms. The molecule has 2 rings (SSSR count). The maximum atomic E-state index is 9.79. The van der Waals surface area contributed by atoms with E-state index in [1.165, 1.54) is 12.0 Å². The fraction of sp³-hybridized carbons (Fsp3) is 0.556. The van der Waals surface area contributed by atoms with Gasteiger partial charge in [-0.2, -0.15) is 11.3 Å². The Kier molecular flexibility index (Phi) is 1.74. The van der Waals surface area contributed by atoms with E-state index < -0.39 is 0 Å². The van der Waals surface area contributed by atoms with E-state index in [0.717, 1.165) is 19.3 Å². The van der Waals surface area contributed by atoms with Crippen LogP contribution < -0.4 is 0 Å². The average molecular weight is 168 g/mol. The molecule has 0 aliphatic heterocycles. The largest absolute Gasteiger partial charge is 0.390 e. The molecule has 1 aliphatic carbocycles. The highest BCUT2D eigenvalue weighted by molar-refractivity contribution is 7.07. The minimum absolute atomic E-state index is 0.346. The van der Waals surface area contributed by atoms with Crippen molar-refractivity contribution in [2.45, 2.75) is 31.3 Å². The van der Waals surface area contributed by atoms with Crippen LogP contribution in [0.3, 0.4) is 0 Å². The summed E-state index contributed by atoms with van der Waals surface area (Å²) < 4.78 is 0. The van der Waals surface area contributed by atoms with Crippen molar-refractivity contribution >= 4 is 11.3 Å². The van der Waals surface area contributed by atoms with Crippen LogP contribution in [0.5, 0.6) is 0 Å². The van der Waals surface area contributed by atoms with Crippen molar-refractivity contribution in [2.75, 3.05) is 0 Å². The summed E-state index contributed by atoms with van der Waals surface area (Å²) >= 11 is 1.70. The van der Waals surface area contributed by atoms with E-state index in [4.69, 9.17) is 0 Å². The van der Waals surface area contributed by atoms with Gasteiger partial charge in [-0.15, -0.1) is 0 Å². The van der Waals surface area contributed by atoms with Gasteiger partial charge in [-0.1, -0.05) is 0 Å². The van der Waals surface area contributed by atoms with E-state index in [1.807, 2.05) is 0 Å². The Labute approximate surface area is 70.7 Å². The lowest BCUT2D eigenvalue weighted by atomic mass is 9.76. The summed E-state index contributed by atoms with van der Waals surface area (Å²) in [4.78, 5) is 0. The van der Waals surface area contributed by atoms with Crippen LogP contribution in [0.25, 0.3) is 0 Å². The second-order valence-corrected chi connectivity index (χ2v) is 4.17. The third-order valence-electron chi connectivity index (χ3n) is 2.40. The molecule has 1 aliphatic rings. The minimum atomic E-state index is -0.346. The van der Waals surface area contributed by atoms with Crippen molar-refractivity contribution in [3.63, 3.8) is 0 Å². The average Bonchev–Trinajstić information content (AvgIpc) is 2.36. The Morgan fingerprint density at radius 1 is 1.55 bits per heavy atom. The molecule has 0 amide bonds. The fourth-order valence-electron chi connectivity index (χ4n) is 1.53. The van der Waals surface area contributed by atoms with Gasteiger partial charge in [0.25, 0.3) is 0 Å². The molecular formula is C9H12OS. The second kappa shape index (κ2) is 2.61. The molecule has 0 atom stereocenters. The first-order valence-electron chi connectivity index (χ1n) is 4.02. The first-order chi connectivity index (χ1) is 5.29. The molecule has 60 valence electrons. The quantitative estimate of drug-likeness (QED) is 0.717. The van der Waals surface area contributed by atoms with Crippen molar-refractivity contribution in [3.05, 3.63) is 22.4 Å². The van der Waals surface area contributed by atoms with Gasteiger partial charge >= 0.3 is 0 Å². The summed E-state index contributed by atoms with van der Waals surface area (Å²) in [5, 5.41) is 14.0. The second-order valence-electron chi connectivity index (χ2n) is 3.39. The molecule has 1 heterocycles. The van der Waals surface area contributed by atoms with Gasteiger partial charge in [0.05, 0.1) is 5.60 Å². The van der Waals surface area contributed by atoms with Crippen molar-refractivity contribution < 1.29 is 5.11 Å². The molecule has 2 heteroatoms. The molecule has 0 saturated heterocycles. The standard InChI is InChI=1S/C9H12OS/c10-9(3-1-4-9)6-8-2-5-11-7-8/h2,5,7,10H,1,3-4,6H2. The van der Waals surface area contributed by atoms with Gasteiger partial charge in [0.2, 0.25) is 0 Å². The van der Waals surface area contributed by atoms with Crippen LogP contribution in [-0.2, 0) is 6.42 Å². The molecule has 0 unspecified atom stereocenters. The van der Waals surface area contributed by atoms with Crippen molar-refractivity contribution in [1.29, 1.82) is 0 Å². The monoisotopic (exact) mass is 168 g/mol. The van der Waals surface area contributed by atoms with Crippen LogP contribution in [0.4, 0.5) is 0 Å². The molecule has 0 bridgehead atoms. The van der Waals surface area contributed by atoms with E-state index >= 15 is 0 Å². The maximum Gasteiger partial charge on any atom is 0.0688 e. The van der Waals surface area contributed by atoms with Gasteiger partial charge in [-0.25, -0.2) is 0 Å². The predicted molar refractivity (Wildman–Crippen MR) is 46.8 cm³/mol. The van der Waals surface area contributed by atoms with Gasteiger partial charge in [-0.3, -0.25) is 0 Å². The summed E-state index contributed by atoms with van der Waals surface area (Å²) in [5.41, 5.74) is 0.943. The van der Waals surface area contributed by atoms with Crippen LogP contribution in [0.2, 0.25) is 0 Å². The van der Waals surface area contributed by atoms with E-state index in [2.05, 4.69) is 16.8 Å². The zero-order valence-electron chi connectivity index (χ0n) is 6.42. The Bertz CT molecular complexity index is 224. The van der Waals surface area contributed by atoms with Crippen LogP contribution in [-0.4, -0.2) is 10.7 Å². The zero-order valence-corrected chi connectivity index (χ0v) is 7.23. The summed E-state index contributed by atoms with van der Waals surface area (Å²) in [6, 6.07) is 2.10. The zero-order chi connectivity index (χ0) is 7.73. The van der Waals surface area contributed by atoms with Gasteiger partial charge in [0, 0.05) is 6.42 Å². The van der Waals surface area contributed by atoms with Crippen LogP contribution in [0, 0.1) is 0 Å². The summed E-state index contributed by atoms with van der Waals surface area (Å²) in [6.07, 6.45) is 4.03. The number of rotatable bonds is 2. The van der Waals surface area contributed by atoms with Crippen LogP contribution in [0.15, 0.2) is 16.8 Å². The molecule has 0 radical (unpaired) electrons. The molecule has 1 aromatic rings. The lowest BCUT2D eigenvalue weighted by molar-refractivity contribution is -0.0322. The lowest BCUT2D eigenvalue weighted by Gasteiger charge is -2.36. The van der Waals surface area contributed by atoms with Crippen molar-refractivity contribution in [2.24, 2.45) is 0 Å². The van der Waals surface area contributed by atoms with Gasteiger partial charge < -0.3 is 5.11 Å². The Balaban J connectivity index is 2.00. The Hall–Kier alpha value is -0.340. The molecule has 11 heavy (non-hydrogen) atoms. The minimum Gasteiger partial charge on any atom is -0.390 e. The fourth-order valence-corrected chi connectivity index (χ4v) is 2.20. The summed E-state index contributed by atoms with van der Waals surface area (Å²) in [5.74, 6) is 0. The van der Waals surface area contributed by atoms with Crippen molar-refractivity contribution in [3.8, 4) is 0 Å². The Morgan fingerprint density at radius 2 is 2.36 bits per heavy atom. The topological polar surface area (TPSA) is 20.2 Å². The lowest BCUT2D eigenvalue weighted by Crippen LogP contribution is -2.38. The molecule has 1 aromatic heterocycles. The SMILES string of the molecule is OC1(Cc2ccsc2)CCC1. The Morgan fingerprint density at radius 3 is 2.82 bits per heavy atom. The first-order valence-corrected chi connectivity index (χ1v) is 4.96. The number of hydrogen-bond donors (Lipinski definition) is 1. The highest BCUT2D eigenvalue weighted by atomic mass is 32.1. The predicted octanol–water partition coefficient (Wildman–Crippen LogP) is 2.21. The number of hydrogen-bond acceptors (Lipinski definition) is 2. The van der Waals surface area contributed by atoms with Crippen LogP contribution >= 0.6 is 11.3 Å². The molecular weight excluding hydrogens is 156 g/mol. The summed E-state index contributed by atoms with van der Waals surface area (Å²) in [7, 11) is 0. The first kappa shape index (κ1) is 7.32. The highest BCUT2D eigenvalue weighted by Gasteiger charge is 2.34. The molecule has 1 N–H and O–H groups in total. The van der Waals surface area contributed by atoms with Crippen molar-refractivity contribution in [1.82, 2.24) is 0 Å². The van der Waals surface area contributed by atoms with Gasteiger partial charge in [0.15, 0.2) is 0 Å². The smallest absolute Gasteiger partial charge is 0.0688 e. The van der Waals surface area contributed by atoms with Gasteiger partial charge in [-0.05, 0) is 41.7 Å². The number of aliphatic hydroxyl groups is 1. The van der Waals surface area contributed by atoms with Gasteiger partial charge in [0.1, 0.15) is 0 Å². The van der Waals surface area contributed by atoms with E-state index in [1.54, 1.807) is 11.3 Å². The maximum absolute atomic E-state index is 9.79. The van der Waals surface area contributed by atoms with E-state index in [-0.39, 0.29) is 5.60 Å². The highest BCUT2D eigenvalue weighted by Crippen LogP contribution is 2.34. The summed E-state index contributed by atoms with van der Waals surface area (Å²) in [6.45, 7) is 0. The molecule has 1 saturated carbocycles. The third-order valence-corrected chi connectivity index (χ3v) is 3.13. The molecule has 1 fully saturated rings. The molecule has 1 nitrogen and oxygen atoms in total. The van der Waals surface area contributed by atoms with E-state index in [9.17, 15) is 5.11 Å². The normalized spacial score (nSPS) is 21.2. The van der Waals surface area contributed by atoms with E-state index in [0.29, 0.717) is 0 Å². The third kappa shape index (κ3) is 1.47. The number of thiophene rings is 1. The van der Waals surface area contributed by atoms with Crippen LogP contribution in [0.1, 0.15) is 24.8 Å².